The molecule has 0 aliphatic carbocycles. The molecule has 0 radical (unpaired) electrons. The number of hydrogen-bond donors (Lipinski definition) is 0. The standard InChI is InChI=1S/C9H12N2/c1-4-8-7(3)9(5-2)11-6-10-8/h4,6H,1,5H2,2-3H3. The van der Waals surface area contributed by atoms with E-state index in [4.69, 9.17) is 0 Å². The van der Waals surface area contributed by atoms with Crippen LogP contribution in [0.2, 0.25) is 0 Å². The minimum absolute atomic E-state index is 0.942. The summed E-state index contributed by atoms with van der Waals surface area (Å²) in [7, 11) is 0. The van der Waals surface area contributed by atoms with Gasteiger partial charge in [-0.05, 0) is 25.0 Å². The number of nitrogens with zero attached hydrogens (tertiary/aromatic N) is 2. The largest absolute Gasteiger partial charge is 0.241 e. The molecule has 11 heavy (non-hydrogen) atoms. The van der Waals surface area contributed by atoms with Crippen LogP contribution >= 0.6 is 0 Å². The summed E-state index contributed by atoms with van der Waals surface area (Å²) in [5.41, 5.74) is 3.19. The molecule has 0 saturated carbocycles. The first-order valence-corrected chi connectivity index (χ1v) is 3.72. The first-order valence-electron chi connectivity index (χ1n) is 3.72. The normalized spacial score (nSPS) is 9.64. The third-order valence-electron chi connectivity index (χ3n) is 1.76. The van der Waals surface area contributed by atoms with Crippen LogP contribution in [-0.2, 0) is 6.42 Å². The van der Waals surface area contributed by atoms with Crippen molar-refractivity contribution in [2.45, 2.75) is 20.3 Å². The fourth-order valence-corrected chi connectivity index (χ4v) is 1.06. The minimum Gasteiger partial charge on any atom is -0.241 e. The highest BCUT2D eigenvalue weighted by atomic mass is 14.8. The molecule has 1 aromatic rings. The fraction of sp³-hybridized carbons (Fsp3) is 0.333. The van der Waals surface area contributed by atoms with Crippen molar-refractivity contribution in [1.29, 1.82) is 0 Å². The molecule has 0 aromatic carbocycles. The summed E-state index contributed by atoms with van der Waals surface area (Å²) >= 11 is 0. The highest BCUT2D eigenvalue weighted by molar-refractivity contribution is 5.47. The summed E-state index contributed by atoms with van der Waals surface area (Å²) in [5.74, 6) is 0. The Morgan fingerprint density at radius 3 is 2.82 bits per heavy atom. The molecular formula is C9H12N2. The Bertz CT molecular complexity index is 266. The molecule has 0 bridgehead atoms. The Labute approximate surface area is 67.0 Å². The van der Waals surface area contributed by atoms with E-state index >= 15 is 0 Å². The van der Waals surface area contributed by atoms with Crippen molar-refractivity contribution in [2.75, 3.05) is 0 Å². The van der Waals surface area contributed by atoms with Crippen molar-refractivity contribution in [3.63, 3.8) is 0 Å². The van der Waals surface area contributed by atoms with E-state index in [0.717, 1.165) is 23.4 Å². The van der Waals surface area contributed by atoms with Gasteiger partial charge >= 0.3 is 0 Å². The van der Waals surface area contributed by atoms with Crippen LogP contribution in [0, 0.1) is 6.92 Å². The molecule has 0 aliphatic heterocycles. The monoisotopic (exact) mass is 148 g/mol. The molecule has 2 nitrogen and oxygen atoms in total. The Kier molecular flexibility index (Phi) is 2.36. The van der Waals surface area contributed by atoms with E-state index < -0.39 is 0 Å². The lowest BCUT2D eigenvalue weighted by Crippen LogP contribution is -1.96. The molecule has 1 heterocycles. The van der Waals surface area contributed by atoms with E-state index in [1.165, 1.54) is 0 Å². The zero-order valence-electron chi connectivity index (χ0n) is 6.96. The maximum Gasteiger partial charge on any atom is 0.116 e. The molecule has 0 spiro atoms. The first-order chi connectivity index (χ1) is 5.29. The third-order valence-corrected chi connectivity index (χ3v) is 1.76. The fourth-order valence-electron chi connectivity index (χ4n) is 1.06. The number of hydrogen-bond acceptors (Lipinski definition) is 2. The van der Waals surface area contributed by atoms with Crippen molar-refractivity contribution in [3.05, 3.63) is 29.9 Å². The van der Waals surface area contributed by atoms with Gasteiger partial charge in [0.2, 0.25) is 0 Å². The van der Waals surface area contributed by atoms with Gasteiger partial charge in [0.15, 0.2) is 0 Å². The molecule has 1 aromatic heterocycles. The number of rotatable bonds is 2. The average molecular weight is 148 g/mol. The van der Waals surface area contributed by atoms with Gasteiger partial charge in [-0.15, -0.1) is 0 Å². The van der Waals surface area contributed by atoms with Gasteiger partial charge in [0.1, 0.15) is 6.33 Å². The summed E-state index contributed by atoms with van der Waals surface area (Å²) in [5, 5.41) is 0. The van der Waals surface area contributed by atoms with Crippen LogP contribution in [0.1, 0.15) is 23.9 Å². The zero-order chi connectivity index (χ0) is 8.27. The topological polar surface area (TPSA) is 25.8 Å². The highest BCUT2D eigenvalue weighted by Gasteiger charge is 2.00. The molecule has 1 rings (SSSR count). The van der Waals surface area contributed by atoms with E-state index in [2.05, 4.69) is 23.5 Å². The van der Waals surface area contributed by atoms with Gasteiger partial charge in [-0.25, -0.2) is 9.97 Å². The van der Waals surface area contributed by atoms with Crippen LogP contribution in [0.3, 0.4) is 0 Å². The van der Waals surface area contributed by atoms with Crippen LogP contribution in [-0.4, -0.2) is 9.97 Å². The SMILES string of the molecule is C=Cc1ncnc(CC)c1C. The molecule has 0 unspecified atom stereocenters. The van der Waals surface area contributed by atoms with Crippen molar-refractivity contribution >= 4 is 6.08 Å². The van der Waals surface area contributed by atoms with Gasteiger partial charge in [-0.2, -0.15) is 0 Å². The second-order valence-corrected chi connectivity index (χ2v) is 2.39. The maximum absolute atomic E-state index is 4.15. The van der Waals surface area contributed by atoms with Gasteiger partial charge in [-0.1, -0.05) is 13.5 Å². The van der Waals surface area contributed by atoms with Crippen LogP contribution < -0.4 is 0 Å². The summed E-state index contributed by atoms with van der Waals surface area (Å²) < 4.78 is 0. The van der Waals surface area contributed by atoms with Gasteiger partial charge in [0.05, 0.1) is 5.69 Å². The molecule has 2 heteroatoms. The van der Waals surface area contributed by atoms with Crippen molar-refractivity contribution in [3.8, 4) is 0 Å². The molecule has 0 N–H and O–H groups in total. The summed E-state index contributed by atoms with van der Waals surface area (Å²) in [6, 6.07) is 0. The van der Waals surface area contributed by atoms with E-state index in [1.807, 2.05) is 6.92 Å². The molecule has 0 fully saturated rings. The van der Waals surface area contributed by atoms with Gasteiger partial charge < -0.3 is 0 Å². The highest BCUT2D eigenvalue weighted by Crippen LogP contribution is 2.09. The van der Waals surface area contributed by atoms with E-state index in [-0.39, 0.29) is 0 Å². The lowest BCUT2D eigenvalue weighted by molar-refractivity contribution is 0.963. The Morgan fingerprint density at radius 1 is 1.55 bits per heavy atom. The van der Waals surface area contributed by atoms with Crippen LogP contribution in [0.25, 0.3) is 6.08 Å². The van der Waals surface area contributed by atoms with Crippen molar-refractivity contribution < 1.29 is 0 Å². The second-order valence-electron chi connectivity index (χ2n) is 2.39. The Balaban J connectivity index is 3.20. The predicted molar refractivity (Wildman–Crippen MR) is 46.2 cm³/mol. The molecule has 58 valence electrons. The molecule has 0 aliphatic rings. The first kappa shape index (κ1) is 7.92. The molecule has 0 atom stereocenters. The molecular weight excluding hydrogens is 136 g/mol. The van der Waals surface area contributed by atoms with E-state index in [9.17, 15) is 0 Å². The number of aryl methyl sites for hydroxylation is 1. The lowest BCUT2D eigenvalue weighted by atomic mass is 10.1. The van der Waals surface area contributed by atoms with Gasteiger partial charge in [0, 0.05) is 5.69 Å². The predicted octanol–water partition coefficient (Wildman–Crippen LogP) is 1.99. The van der Waals surface area contributed by atoms with Crippen LogP contribution in [0.4, 0.5) is 0 Å². The summed E-state index contributed by atoms with van der Waals surface area (Å²) in [6.45, 7) is 7.79. The van der Waals surface area contributed by atoms with Gasteiger partial charge in [-0.3, -0.25) is 0 Å². The van der Waals surface area contributed by atoms with Crippen molar-refractivity contribution in [1.82, 2.24) is 9.97 Å². The third kappa shape index (κ3) is 1.45. The zero-order valence-corrected chi connectivity index (χ0v) is 6.96. The second kappa shape index (κ2) is 3.28. The molecule has 0 saturated heterocycles. The van der Waals surface area contributed by atoms with Crippen molar-refractivity contribution in [2.24, 2.45) is 0 Å². The number of aromatic nitrogens is 2. The van der Waals surface area contributed by atoms with Crippen LogP contribution in [0.5, 0.6) is 0 Å². The van der Waals surface area contributed by atoms with Gasteiger partial charge in [0.25, 0.3) is 0 Å². The Hall–Kier alpha value is -1.18. The summed E-state index contributed by atoms with van der Waals surface area (Å²) in [6.07, 6.45) is 4.30. The summed E-state index contributed by atoms with van der Waals surface area (Å²) in [4.78, 5) is 8.22. The average Bonchev–Trinajstić information content (AvgIpc) is 2.05. The Morgan fingerprint density at radius 2 is 2.27 bits per heavy atom. The lowest BCUT2D eigenvalue weighted by Gasteiger charge is -2.02. The molecule has 0 amide bonds. The smallest absolute Gasteiger partial charge is 0.116 e. The van der Waals surface area contributed by atoms with Crippen LogP contribution in [0.15, 0.2) is 12.9 Å². The quantitative estimate of drug-likeness (QED) is 0.641. The maximum atomic E-state index is 4.15. The van der Waals surface area contributed by atoms with E-state index in [0.29, 0.717) is 0 Å². The minimum atomic E-state index is 0.942. The van der Waals surface area contributed by atoms with E-state index in [1.54, 1.807) is 12.4 Å².